The highest BCUT2D eigenvalue weighted by Gasteiger charge is 2.13. The third-order valence-electron chi connectivity index (χ3n) is 5.06. The number of hydrogen-bond acceptors (Lipinski definition) is 4. The molecule has 0 saturated carbocycles. The van der Waals surface area contributed by atoms with Gasteiger partial charge in [-0.3, -0.25) is 0 Å². The Morgan fingerprint density at radius 3 is 1.03 bits per heavy atom. The van der Waals surface area contributed by atoms with Crippen LogP contribution in [0.25, 0.3) is 0 Å². The Hall–Kier alpha value is -3.74. The van der Waals surface area contributed by atoms with Gasteiger partial charge in [-0.05, 0) is 92.5 Å². The number of rotatable bonds is 8. The molecule has 0 aliphatic heterocycles. The van der Waals surface area contributed by atoms with E-state index in [0.717, 1.165) is 11.5 Å². The van der Waals surface area contributed by atoms with Gasteiger partial charge in [-0.15, -0.1) is 0 Å². The second-order valence-electron chi connectivity index (χ2n) is 7.65. The molecule has 178 valence electrons. The van der Waals surface area contributed by atoms with Crippen molar-refractivity contribution in [2.45, 2.75) is 0 Å². The van der Waals surface area contributed by atoms with Gasteiger partial charge in [0.15, 0.2) is 0 Å². The van der Waals surface area contributed by atoms with Crippen molar-refractivity contribution in [1.82, 2.24) is 0 Å². The molecule has 6 heteroatoms. The highest BCUT2D eigenvalue weighted by Crippen LogP contribution is 2.41. The fourth-order valence-electron chi connectivity index (χ4n) is 3.38. The third-order valence-corrected chi connectivity index (χ3v) is 6.62. The second kappa shape index (κ2) is 11.3. The van der Waals surface area contributed by atoms with Crippen molar-refractivity contribution in [2.75, 3.05) is 0 Å². The Kier molecular flexibility index (Phi) is 7.55. The summed E-state index contributed by atoms with van der Waals surface area (Å²) in [5, 5.41) is 0. The molecule has 0 aliphatic rings. The van der Waals surface area contributed by atoms with Gasteiger partial charge in [0.05, 0.1) is 0 Å². The van der Waals surface area contributed by atoms with Crippen LogP contribution in [0.2, 0.25) is 0 Å². The van der Waals surface area contributed by atoms with Gasteiger partial charge < -0.3 is 18.9 Å². The molecular weight excluding hydrogens is 584 g/mol. The maximum atomic E-state index is 6.16. The zero-order valence-electron chi connectivity index (χ0n) is 18.9. The largest absolute Gasteiger partial charge is 0.456 e. The summed E-state index contributed by atoms with van der Waals surface area (Å²) >= 11 is 7.22. The average Bonchev–Trinajstić information content (AvgIpc) is 2.90. The lowest BCUT2D eigenvalue weighted by Gasteiger charge is -2.14. The van der Waals surface area contributed by atoms with E-state index in [1.807, 2.05) is 121 Å². The molecule has 0 saturated heterocycles. The molecule has 0 spiro atoms. The van der Waals surface area contributed by atoms with Gasteiger partial charge >= 0.3 is 0 Å². The van der Waals surface area contributed by atoms with Crippen molar-refractivity contribution >= 4 is 31.9 Å². The molecule has 0 aliphatic carbocycles. The number of para-hydroxylation sites is 2. The Balaban J connectivity index is 1.33. The van der Waals surface area contributed by atoms with Gasteiger partial charge in [0.25, 0.3) is 0 Å². The summed E-state index contributed by atoms with van der Waals surface area (Å²) in [4.78, 5) is 0. The van der Waals surface area contributed by atoms with Crippen molar-refractivity contribution in [2.24, 2.45) is 0 Å². The number of halogens is 2. The maximum Gasteiger partial charge on any atom is 0.145 e. The molecule has 36 heavy (non-hydrogen) atoms. The summed E-state index contributed by atoms with van der Waals surface area (Å²) in [6.07, 6.45) is 0. The van der Waals surface area contributed by atoms with Gasteiger partial charge in [-0.25, -0.2) is 0 Å². The van der Waals surface area contributed by atoms with Crippen LogP contribution in [-0.4, -0.2) is 0 Å². The molecule has 5 aromatic rings. The molecule has 5 rings (SSSR count). The average molecular weight is 604 g/mol. The van der Waals surface area contributed by atoms with E-state index in [9.17, 15) is 0 Å². The lowest BCUT2D eigenvalue weighted by Crippen LogP contribution is -1.92. The summed E-state index contributed by atoms with van der Waals surface area (Å²) in [6, 6.07) is 37.9. The molecule has 0 radical (unpaired) electrons. The van der Waals surface area contributed by atoms with Crippen molar-refractivity contribution in [3.8, 4) is 46.0 Å². The first-order chi connectivity index (χ1) is 17.7. The maximum absolute atomic E-state index is 6.16. The van der Waals surface area contributed by atoms with E-state index in [0.29, 0.717) is 43.4 Å². The van der Waals surface area contributed by atoms with Gasteiger partial charge in [0.2, 0.25) is 0 Å². The van der Waals surface area contributed by atoms with Crippen molar-refractivity contribution in [3.05, 3.63) is 130 Å². The summed E-state index contributed by atoms with van der Waals surface area (Å²) in [5.41, 5.74) is 0. The van der Waals surface area contributed by atoms with Crippen molar-refractivity contribution in [3.63, 3.8) is 0 Å². The molecule has 0 heterocycles. The Bertz CT molecular complexity index is 1350. The quantitative estimate of drug-likeness (QED) is 0.177. The fraction of sp³-hybridized carbons (Fsp3) is 0. The lowest BCUT2D eigenvalue weighted by atomic mass is 10.3. The van der Waals surface area contributed by atoms with Gasteiger partial charge in [-0.1, -0.05) is 54.6 Å². The Labute approximate surface area is 226 Å². The SMILES string of the molecule is Brc1c(Oc2ccccc2)cccc1Oc1cccc(Oc2cccc(Oc3ccccc3)c2Br)c1. The van der Waals surface area contributed by atoms with E-state index in [1.165, 1.54) is 0 Å². The number of hydrogen-bond donors (Lipinski definition) is 0. The predicted octanol–water partition coefficient (Wildman–Crippen LogP) is 10.4. The van der Waals surface area contributed by atoms with Crippen LogP contribution in [0.1, 0.15) is 0 Å². The van der Waals surface area contributed by atoms with Crippen LogP contribution < -0.4 is 18.9 Å². The van der Waals surface area contributed by atoms with Gasteiger partial charge in [0, 0.05) is 6.07 Å². The minimum absolute atomic E-state index is 0.623. The highest BCUT2D eigenvalue weighted by atomic mass is 79.9. The van der Waals surface area contributed by atoms with Crippen LogP contribution >= 0.6 is 31.9 Å². The third kappa shape index (κ3) is 5.90. The molecule has 0 aromatic heterocycles. The Morgan fingerprint density at radius 1 is 0.333 bits per heavy atom. The van der Waals surface area contributed by atoms with Crippen LogP contribution in [0.3, 0.4) is 0 Å². The molecule has 0 unspecified atom stereocenters. The van der Waals surface area contributed by atoms with Gasteiger partial charge in [-0.2, -0.15) is 0 Å². The number of benzene rings is 5. The highest BCUT2D eigenvalue weighted by molar-refractivity contribution is 9.11. The van der Waals surface area contributed by atoms with Crippen molar-refractivity contribution < 1.29 is 18.9 Å². The zero-order chi connectivity index (χ0) is 24.7. The van der Waals surface area contributed by atoms with Crippen LogP contribution in [-0.2, 0) is 0 Å². The zero-order valence-corrected chi connectivity index (χ0v) is 22.1. The molecule has 0 bridgehead atoms. The minimum Gasteiger partial charge on any atom is -0.456 e. The monoisotopic (exact) mass is 602 g/mol. The first kappa shape index (κ1) is 24.0. The van der Waals surface area contributed by atoms with Crippen LogP contribution in [0.5, 0.6) is 46.0 Å². The predicted molar refractivity (Wildman–Crippen MR) is 148 cm³/mol. The summed E-state index contributed by atoms with van der Waals surface area (Å²) in [7, 11) is 0. The first-order valence-corrected chi connectivity index (χ1v) is 12.7. The molecule has 0 N–H and O–H groups in total. The molecule has 0 atom stereocenters. The van der Waals surface area contributed by atoms with E-state index in [1.54, 1.807) is 0 Å². The van der Waals surface area contributed by atoms with E-state index < -0.39 is 0 Å². The fourth-order valence-corrected chi connectivity index (χ4v) is 4.24. The molecule has 0 amide bonds. The van der Waals surface area contributed by atoms with Crippen LogP contribution in [0, 0.1) is 0 Å². The van der Waals surface area contributed by atoms with Gasteiger partial charge in [0.1, 0.15) is 54.9 Å². The Morgan fingerprint density at radius 2 is 0.639 bits per heavy atom. The summed E-state index contributed by atoms with van der Waals surface area (Å²) in [6.45, 7) is 0. The molecule has 4 nitrogen and oxygen atoms in total. The first-order valence-electron chi connectivity index (χ1n) is 11.1. The van der Waals surface area contributed by atoms with E-state index in [-0.39, 0.29) is 0 Å². The number of ether oxygens (including phenoxy) is 4. The second-order valence-corrected chi connectivity index (χ2v) is 9.23. The molecule has 5 aromatic carbocycles. The van der Waals surface area contributed by atoms with E-state index in [2.05, 4.69) is 31.9 Å². The topological polar surface area (TPSA) is 36.9 Å². The smallest absolute Gasteiger partial charge is 0.145 e. The summed E-state index contributed by atoms with van der Waals surface area (Å²) < 4.78 is 25.7. The lowest BCUT2D eigenvalue weighted by molar-refractivity contribution is 0.442. The van der Waals surface area contributed by atoms with E-state index >= 15 is 0 Å². The van der Waals surface area contributed by atoms with E-state index in [4.69, 9.17) is 18.9 Å². The van der Waals surface area contributed by atoms with Crippen LogP contribution in [0.4, 0.5) is 0 Å². The van der Waals surface area contributed by atoms with Crippen LogP contribution in [0.15, 0.2) is 130 Å². The standard InChI is InChI=1S/C30H20Br2O4/c31-29-25(33-21-10-3-1-4-11-21)16-8-18-27(29)35-23-14-7-15-24(20-23)36-28-19-9-17-26(30(28)32)34-22-12-5-2-6-13-22/h1-20H. The molecular formula is C30H20Br2O4. The van der Waals surface area contributed by atoms with Crippen molar-refractivity contribution in [1.29, 1.82) is 0 Å². The molecule has 0 fully saturated rings. The normalized spacial score (nSPS) is 10.5. The minimum atomic E-state index is 0.623. The summed E-state index contributed by atoms with van der Waals surface area (Å²) in [5.74, 6) is 5.30.